The third-order valence-electron chi connectivity index (χ3n) is 2.02. The van der Waals surface area contributed by atoms with Crippen LogP contribution < -0.4 is 5.32 Å². The van der Waals surface area contributed by atoms with Crippen LogP contribution in [0.25, 0.3) is 0 Å². The van der Waals surface area contributed by atoms with Crippen LogP contribution in [0.4, 0.5) is 0 Å². The van der Waals surface area contributed by atoms with Crippen LogP contribution in [0.3, 0.4) is 0 Å². The quantitative estimate of drug-likeness (QED) is 0.913. The van der Waals surface area contributed by atoms with E-state index in [0.717, 1.165) is 4.47 Å². The first-order valence-corrected chi connectivity index (χ1v) is 5.68. The van der Waals surface area contributed by atoms with Gasteiger partial charge in [0.15, 0.2) is 5.82 Å². The van der Waals surface area contributed by atoms with Gasteiger partial charge in [0.1, 0.15) is 6.33 Å². The third-order valence-corrected chi connectivity index (χ3v) is 2.45. The molecule has 17 heavy (non-hydrogen) atoms. The van der Waals surface area contributed by atoms with Gasteiger partial charge >= 0.3 is 0 Å². The van der Waals surface area contributed by atoms with Crippen LogP contribution in [0.2, 0.25) is 0 Å². The van der Waals surface area contributed by atoms with Crippen molar-refractivity contribution < 1.29 is 4.79 Å². The number of carbonyl (C=O) groups excluding carboxylic acids is 1. The molecule has 0 unspecified atom stereocenters. The molecule has 7 heteroatoms. The van der Waals surface area contributed by atoms with E-state index in [4.69, 9.17) is 0 Å². The Kier molecular flexibility index (Phi) is 3.48. The Hall–Kier alpha value is -1.76. The number of amides is 1. The van der Waals surface area contributed by atoms with Crippen molar-refractivity contribution in [1.29, 1.82) is 0 Å². The molecule has 2 aromatic heterocycles. The van der Waals surface area contributed by atoms with Gasteiger partial charge in [-0.15, -0.1) is 0 Å². The van der Waals surface area contributed by atoms with Crippen molar-refractivity contribution in [2.75, 3.05) is 0 Å². The molecule has 0 spiro atoms. The van der Waals surface area contributed by atoms with Crippen molar-refractivity contribution in [3.63, 3.8) is 0 Å². The molecule has 0 bridgehead atoms. The lowest BCUT2D eigenvalue weighted by Crippen LogP contribution is -2.23. The number of hydrogen-bond acceptors (Lipinski definition) is 4. The first kappa shape index (κ1) is 11.7. The zero-order chi connectivity index (χ0) is 12.3. The molecule has 0 radical (unpaired) electrons. The topological polar surface area (TPSA) is 72.7 Å². The highest BCUT2D eigenvalue weighted by molar-refractivity contribution is 9.10. The molecule has 0 saturated carbocycles. The second kappa shape index (κ2) is 5.05. The standard InChI is InChI=1S/C10H10BrN5O/c1-16-6-14-9(15-16)5-13-10(17)7-2-8(11)4-12-3-7/h2-4,6H,5H2,1H3,(H,13,17). The summed E-state index contributed by atoms with van der Waals surface area (Å²) in [6, 6.07) is 1.70. The Morgan fingerprint density at radius 2 is 2.35 bits per heavy atom. The molecule has 1 N–H and O–H groups in total. The summed E-state index contributed by atoms with van der Waals surface area (Å²) in [4.78, 5) is 19.7. The normalized spacial score (nSPS) is 10.2. The summed E-state index contributed by atoms with van der Waals surface area (Å²) in [5.74, 6) is 0.370. The van der Waals surface area contributed by atoms with Crippen molar-refractivity contribution in [3.8, 4) is 0 Å². The number of pyridine rings is 1. The number of halogens is 1. The van der Waals surface area contributed by atoms with Crippen LogP contribution in [0.15, 0.2) is 29.3 Å². The van der Waals surface area contributed by atoms with Crippen molar-refractivity contribution in [2.24, 2.45) is 7.05 Å². The summed E-state index contributed by atoms with van der Waals surface area (Å²) in [5, 5.41) is 6.78. The van der Waals surface area contributed by atoms with E-state index < -0.39 is 0 Å². The molecular formula is C10H10BrN5O. The van der Waals surface area contributed by atoms with Crippen LogP contribution in [0.5, 0.6) is 0 Å². The summed E-state index contributed by atoms with van der Waals surface area (Å²) in [6.07, 6.45) is 4.71. The highest BCUT2D eigenvalue weighted by Crippen LogP contribution is 2.09. The molecule has 88 valence electrons. The van der Waals surface area contributed by atoms with E-state index in [2.05, 4.69) is 36.3 Å². The van der Waals surface area contributed by atoms with Crippen LogP contribution in [-0.2, 0) is 13.6 Å². The molecule has 0 fully saturated rings. The van der Waals surface area contributed by atoms with Gasteiger partial charge in [-0.2, -0.15) is 5.10 Å². The number of aryl methyl sites for hydroxylation is 1. The van der Waals surface area contributed by atoms with Crippen molar-refractivity contribution in [2.45, 2.75) is 6.54 Å². The number of carbonyl (C=O) groups is 1. The maximum Gasteiger partial charge on any atom is 0.253 e. The minimum atomic E-state index is -0.203. The van der Waals surface area contributed by atoms with E-state index in [9.17, 15) is 4.79 Å². The second-order valence-electron chi connectivity index (χ2n) is 3.41. The molecule has 0 aliphatic rings. The number of aromatic nitrogens is 4. The molecule has 0 atom stereocenters. The Balaban J connectivity index is 1.98. The fraction of sp³-hybridized carbons (Fsp3) is 0.200. The summed E-state index contributed by atoms with van der Waals surface area (Å²) < 4.78 is 2.35. The first-order chi connectivity index (χ1) is 8.15. The highest BCUT2D eigenvalue weighted by atomic mass is 79.9. The zero-order valence-electron chi connectivity index (χ0n) is 9.09. The summed E-state index contributed by atoms with van der Waals surface area (Å²) in [7, 11) is 1.77. The fourth-order valence-electron chi connectivity index (χ4n) is 1.26. The van der Waals surface area contributed by atoms with E-state index >= 15 is 0 Å². The Bertz CT molecular complexity index is 539. The molecule has 1 amide bonds. The van der Waals surface area contributed by atoms with E-state index in [-0.39, 0.29) is 5.91 Å². The Morgan fingerprint density at radius 1 is 1.53 bits per heavy atom. The minimum absolute atomic E-state index is 0.203. The van der Waals surface area contributed by atoms with Gasteiger partial charge in [-0.25, -0.2) is 4.98 Å². The molecular weight excluding hydrogens is 286 g/mol. The lowest BCUT2D eigenvalue weighted by molar-refractivity contribution is 0.0949. The third kappa shape index (κ3) is 3.10. The van der Waals surface area contributed by atoms with Crippen molar-refractivity contribution in [3.05, 3.63) is 40.6 Å². The van der Waals surface area contributed by atoms with E-state index in [0.29, 0.717) is 17.9 Å². The molecule has 2 rings (SSSR count). The molecule has 2 heterocycles. The summed E-state index contributed by atoms with van der Waals surface area (Å²) in [5.41, 5.74) is 0.496. The highest BCUT2D eigenvalue weighted by Gasteiger charge is 2.07. The zero-order valence-corrected chi connectivity index (χ0v) is 10.7. The van der Waals surface area contributed by atoms with Gasteiger partial charge in [0.25, 0.3) is 5.91 Å². The molecule has 6 nitrogen and oxygen atoms in total. The van der Waals surface area contributed by atoms with E-state index in [1.165, 1.54) is 6.20 Å². The van der Waals surface area contributed by atoms with E-state index in [1.807, 2.05) is 0 Å². The lowest BCUT2D eigenvalue weighted by atomic mass is 10.3. The van der Waals surface area contributed by atoms with Crippen LogP contribution in [-0.4, -0.2) is 25.7 Å². The van der Waals surface area contributed by atoms with Crippen LogP contribution >= 0.6 is 15.9 Å². The average Bonchev–Trinajstić information content (AvgIpc) is 2.72. The van der Waals surface area contributed by atoms with Gasteiger partial charge in [-0.1, -0.05) is 0 Å². The number of rotatable bonds is 3. The van der Waals surface area contributed by atoms with Crippen molar-refractivity contribution in [1.82, 2.24) is 25.1 Å². The molecule has 0 saturated heterocycles. The molecule has 0 aliphatic carbocycles. The maximum absolute atomic E-state index is 11.7. The number of hydrogen-bond donors (Lipinski definition) is 1. The SMILES string of the molecule is Cn1cnc(CNC(=O)c2cncc(Br)c2)n1. The minimum Gasteiger partial charge on any atom is -0.345 e. The van der Waals surface area contributed by atoms with Gasteiger partial charge in [0.2, 0.25) is 0 Å². The van der Waals surface area contributed by atoms with Gasteiger partial charge in [0, 0.05) is 23.9 Å². The Morgan fingerprint density at radius 3 is 3.00 bits per heavy atom. The molecule has 2 aromatic rings. The van der Waals surface area contributed by atoms with Gasteiger partial charge in [0.05, 0.1) is 12.1 Å². The van der Waals surface area contributed by atoms with Crippen molar-refractivity contribution >= 4 is 21.8 Å². The number of nitrogens with zero attached hydrogens (tertiary/aromatic N) is 4. The predicted molar refractivity (Wildman–Crippen MR) is 64.1 cm³/mol. The first-order valence-electron chi connectivity index (χ1n) is 4.88. The van der Waals surface area contributed by atoms with Crippen LogP contribution in [0.1, 0.15) is 16.2 Å². The molecule has 0 aromatic carbocycles. The Labute approximate surface area is 106 Å². The summed E-state index contributed by atoms with van der Waals surface area (Å²) in [6.45, 7) is 0.298. The predicted octanol–water partition coefficient (Wildman–Crippen LogP) is 0.903. The van der Waals surface area contributed by atoms with Gasteiger partial charge in [-0.3, -0.25) is 14.5 Å². The van der Waals surface area contributed by atoms with Gasteiger partial charge in [-0.05, 0) is 22.0 Å². The summed E-state index contributed by atoms with van der Waals surface area (Å²) >= 11 is 3.26. The number of nitrogens with one attached hydrogen (secondary N) is 1. The van der Waals surface area contributed by atoms with E-state index in [1.54, 1.807) is 30.3 Å². The largest absolute Gasteiger partial charge is 0.345 e. The second-order valence-corrected chi connectivity index (χ2v) is 4.32. The monoisotopic (exact) mass is 295 g/mol. The smallest absolute Gasteiger partial charge is 0.253 e. The van der Waals surface area contributed by atoms with Crippen LogP contribution in [0, 0.1) is 0 Å². The molecule has 0 aliphatic heterocycles. The fourth-order valence-corrected chi connectivity index (χ4v) is 1.63. The average molecular weight is 296 g/mol. The maximum atomic E-state index is 11.7. The lowest BCUT2D eigenvalue weighted by Gasteiger charge is -2.02. The van der Waals surface area contributed by atoms with Gasteiger partial charge < -0.3 is 5.32 Å².